The van der Waals surface area contributed by atoms with Gasteiger partial charge in [-0.05, 0) is 43.4 Å². The second-order valence-corrected chi connectivity index (χ2v) is 6.48. The maximum Gasteiger partial charge on any atom is 0.161 e. The monoisotopic (exact) mass is 305 g/mol. The van der Waals surface area contributed by atoms with Crippen molar-refractivity contribution in [2.24, 2.45) is 5.92 Å². The molecule has 4 nitrogen and oxygen atoms in total. The van der Waals surface area contributed by atoms with Gasteiger partial charge in [-0.3, -0.25) is 0 Å². The molecule has 3 unspecified atom stereocenters. The van der Waals surface area contributed by atoms with Gasteiger partial charge in [-0.25, -0.2) is 0 Å². The first-order valence-electron chi connectivity index (χ1n) is 8.54. The summed E-state index contributed by atoms with van der Waals surface area (Å²) in [6, 6.07) is 6.87. The van der Waals surface area contributed by atoms with E-state index in [4.69, 9.17) is 9.47 Å². The number of hydrogen-bond acceptors (Lipinski definition) is 4. The molecule has 0 amide bonds. The van der Waals surface area contributed by atoms with E-state index < -0.39 is 0 Å². The predicted octanol–water partition coefficient (Wildman–Crippen LogP) is 3.05. The zero-order valence-electron chi connectivity index (χ0n) is 13.4. The fourth-order valence-electron chi connectivity index (χ4n) is 3.51. The van der Waals surface area contributed by atoms with Crippen molar-refractivity contribution < 1.29 is 14.6 Å². The van der Waals surface area contributed by atoms with E-state index in [-0.39, 0.29) is 12.6 Å². The van der Waals surface area contributed by atoms with Gasteiger partial charge < -0.3 is 19.9 Å². The van der Waals surface area contributed by atoms with Gasteiger partial charge in [0.25, 0.3) is 0 Å². The van der Waals surface area contributed by atoms with E-state index in [1.807, 2.05) is 6.07 Å². The van der Waals surface area contributed by atoms with Crippen molar-refractivity contribution in [3.8, 4) is 11.5 Å². The molecule has 2 aliphatic rings. The summed E-state index contributed by atoms with van der Waals surface area (Å²) in [5.74, 6) is 2.09. The molecule has 3 rings (SSSR count). The predicted molar refractivity (Wildman–Crippen MR) is 86.4 cm³/mol. The molecule has 22 heavy (non-hydrogen) atoms. The van der Waals surface area contributed by atoms with Crippen molar-refractivity contribution in [2.75, 3.05) is 19.8 Å². The molecule has 2 N–H and O–H groups in total. The van der Waals surface area contributed by atoms with Crippen LogP contribution in [0.4, 0.5) is 0 Å². The van der Waals surface area contributed by atoms with E-state index in [0.717, 1.165) is 37.4 Å². The van der Waals surface area contributed by atoms with Crippen molar-refractivity contribution in [3.05, 3.63) is 23.8 Å². The lowest BCUT2D eigenvalue weighted by Crippen LogP contribution is -2.41. The van der Waals surface area contributed by atoms with Crippen LogP contribution in [0.2, 0.25) is 0 Å². The summed E-state index contributed by atoms with van der Waals surface area (Å²) < 4.78 is 11.5. The first-order chi connectivity index (χ1) is 10.8. The van der Waals surface area contributed by atoms with E-state index in [0.29, 0.717) is 18.6 Å². The largest absolute Gasteiger partial charge is 0.490 e. The van der Waals surface area contributed by atoms with Crippen molar-refractivity contribution in [3.63, 3.8) is 0 Å². The third kappa shape index (κ3) is 3.55. The van der Waals surface area contributed by atoms with Crippen LogP contribution in [0.1, 0.15) is 50.6 Å². The number of ether oxygens (including phenoxy) is 2. The third-order valence-corrected chi connectivity index (χ3v) is 4.88. The van der Waals surface area contributed by atoms with Crippen LogP contribution >= 0.6 is 0 Å². The highest BCUT2D eigenvalue weighted by Gasteiger charge is 2.26. The zero-order valence-corrected chi connectivity index (χ0v) is 13.4. The van der Waals surface area contributed by atoms with E-state index in [2.05, 4.69) is 24.4 Å². The molecule has 1 aliphatic heterocycles. The second-order valence-electron chi connectivity index (χ2n) is 6.48. The minimum absolute atomic E-state index is 0.245. The van der Waals surface area contributed by atoms with Crippen molar-refractivity contribution >= 4 is 0 Å². The van der Waals surface area contributed by atoms with Crippen LogP contribution in [-0.2, 0) is 0 Å². The maximum atomic E-state index is 9.56. The Kier molecular flexibility index (Phi) is 5.21. The average molecular weight is 305 g/mol. The highest BCUT2D eigenvalue weighted by Crippen LogP contribution is 2.33. The van der Waals surface area contributed by atoms with Gasteiger partial charge in [-0.15, -0.1) is 0 Å². The number of aliphatic hydroxyl groups is 1. The molecule has 122 valence electrons. The molecule has 0 bridgehead atoms. The van der Waals surface area contributed by atoms with Crippen molar-refractivity contribution in [1.82, 2.24) is 5.32 Å². The van der Waals surface area contributed by atoms with Crippen LogP contribution in [0.15, 0.2) is 18.2 Å². The fraction of sp³-hybridized carbons (Fsp3) is 0.667. The van der Waals surface area contributed by atoms with E-state index in [1.165, 1.54) is 18.4 Å². The third-order valence-electron chi connectivity index (χ3n) is 4.88. The Labute approximate surface area is 132 Å². The molecule has 0 saturated heterocycles. The standard InChI is InChI=1S/C18H27NO3/c1-13(19-16-6-3-2-5-15(16)12-20)14-7-8-17-18(11-14)22-10-4-9-21-17/h7-8,11,13,15-16,19-20H,2-6,9-10,12H2,1H3. The summed E-state index contributed by atoms with van der Waals surface area (Å²) in [5, 5.41) is 13.3. The molecular formula is C18H27NO3. The maximum absolute atomic E-state index is 9.56. The molecule has 0 radical (unpaired) electrons. The second kappa shape index (κ2) is 7.34. The molecule has 1 aromatic rings. The van der Waals surface area contributed by atoms with Gasteiger partial charge in [0, 0.05) is 25.1 Å². The Hall–Kier alpha value is -1.26. The lowest BCUT2D eigenvalue weighted by Gasteiger charge is -2.33. The number of fused-ring (bicyclic) bond motifs is 1. The summed E-state index contributed by atoms with van der Waals surface area (Å²) in [6.45, 7) is 3.90. The summed E-state index contributed by atoms with van der Waals surface area (Å²) in [6.07, 6.45) is 5.70. The van der Waals surface area contributed by atoms with Crippen LogP contribution < -0.4 is 14.8 Å². The molecule has 3 atom stereocenters. The first-order valence-corrected chi connectivity index (χ1v) is 8.54. The van der Waals surface area contributed by atoms with E-state index in [1.54, 1.807) is 0 Å². The lowest BCUT2D eigenvalue weighted by atomic mass is 9.84. The van der Waals surface area contributed by atoms with Gasteiger partial charge in [-0.1, -0.05) is 18.9 Å². The van der Waals surface area contributed by atoms with Gasteiger partial charge in [0.05, 0.1) is 13.2 Å². The normalized spacial score (nSPS) is 26.3. The van der Waals surface area contributed by atoms with Crippen molar-refractivity contribution in [2.45, 2.75) is 51.1 Å². The summed E-state index contributed by atoms with van der Waals surface area (Å²) in [5.41, 5.74) is 1.21. The van der Waals surface area contributed by atoms with Crippen LogP contribution in [-0.4, -0.2) is 31.0 Å². The minimum atomic E-state index is 0.245. The van der Waals surface area contributed by atoms with Crippen molar-refractivity contribution in [1.29, 1.82) is 0 Å². The zero-order chi connectivity index (χ0) is 15.4. The van der Waals surface area contributed by atoms with Gasteiger partial charge in [0.15, 0.2) is 11.5 Å². The van der Waals surface area contributed by atoms with E-state index >= 15 is 0 Å². The number of benzene rings is 1. The molecule has 1 saturated carbocycles. The smallest absolute Gasteiger partial charge is 0.161 e. The Morgan fingerprint density at radius 3 is 2.73 bits per heavy atom. The Balaban J connectivity index is 1.69. The summed E-state index contributed by atoms with van der Waals surface area (Å²) >= 11 is 0. The molecule has 1 heterocycles. The van der Waals surface area contributed by atoms with Gasteiger partial charge >= 0.3 is 0 Å². The molecule has 1 aliphatic carbocycles. The highest BCUT2D eigenvalue weighted by atomic mass is 16.5. The van der Waals surface area contributed by atoms with Crippen LogP contribution in [0, 0.1) is 5.92 Å². The fourth-order valence-corrected chi connectivity index (χ4v) is 3.51. The first kappa shape index (κ1) is 15.6. The van der Waals surface area contributed by atoms with Crippen LogP contribution in [0.5, 0.6) is 11.5 Å². The Morgan fingerprint density at radius 1 is 1.14 bits per heavy atom. The molecular weight excluding hydrogens is 278 g/mol. The van der Waals surface area contributed by atoms with Crippen LogP contribution in [0.3, 0.4) is 0 Å². The van der Waals surface area contributed by atoms with Gasteiger partial charge in [0.1, 0.15) is 0 Å². The summed E-state index contributed by atoms with van der Waals surface area (Å²) in [7, 11) is 0. The Morgan fingerprint density at radius 2 is 1.91 bits per heavy atom. The van der Waals surface area contributed by atoms with Gasteiger partial charge in [-0.2, -0.15) is 0 Å². The molecule has 1 aromatic carbocycles. The lowest BCUT2D eigenvalue weighted by molar-refractivity contribution is 0.147. The van der Waals surface area contributed by atoms with Crippen LogP contribution in [0.25, 0.3) is 0 Å². The Bertz CT molecular complexity index is 491. The molecule has 1 fully saturated rings. The SMILES string of the molecule is CC(NC1CCCCC1CO)c1ccc2c(c1)OCCCO2. The number of aliphatic hydroxyl groups excluding tert-OH is 1. The molecule has 0 spiro atoms. The topological polar surface area (TPSA) is 50.7 Å². The van der Waals surface area contributed by atoms with E-state index in [9.17, 15) is 5.11 Å². The minimum Gasteiger partial charge on any atom is -0.490 e. The van der Waals surface area contributed by atoms with Gasteiger partial charge in [0.2, 0.25) is 0 Å². The number of hydrogen-bond donors (Lipinski definition) is 2. The molecule has 4 heteroatoms. The number of nitrogens with one attached hydrogen (secondary N) is 1. The number of rotatable bonds is 4. The summed E-state index contributed by atoms with van der Waals surface area (Å²) in [4.78, 5) is 0. The highest BCUT2D eigenvalue weighted by molar-refractivity contribution is 5.44. The average Bonchev–Trinajstić information content (AvgIpc) is 2.79. The quantitative estimate of drug-likeness (QED) is 0.897. The molecule has 0 aromatic heterocycles.